The first kappa shape index (κ1) is 21.4. The van der Waals surface area contributed by atoms with Crippen molar-refractivity contribution in [3.63, 3.8) is 0 Å². The Labute approximate surface area is 193 Å². The lowest BCUT2D eigenvalue weighted by Gasteiger charge is -2.37. The van der Waals surface area contributed by atoms with E-state index in [9.17, 15) is 14.7 Å². The molecule has 3 aliphatic rings. The molecule has 1 aromatic carbocycles. The molecule has 2 N–H and O–H groups in total. The summed E-state index contributed by atoms with van der Waals surface area (Å²) in [5, 5.41) is 13.5. The molecule has 0 bridgehead atoms. The van der Waals surface area contributed by atoms with Crippen molar-refractivity contribution in [3.8, 4) is 5.75 Å². The molecule has 2 aliphatic carbocycles. The number of ketones is 1. The Morgan fingerprint density at radius 2 is 1.85 bits per heavy atom. The van der Waals surface area contributed by atoms with E-state index in [1.165, 1.54) is 0 Å². The molecule has 170 valence electrons. The summed E-state index contributed by atoms with van der Waals surface area (Å²) in [6.45, 7) is 1.87. The Balaban J connectivity index is 1.55. The highest BCUT2D eigenvalue weighted by molar-refractivity contribution is 6.04. The number of phenols is 1. The number of carbonyl (C=O) groups excluding carboxylic acids is 2. The normalized spacial score (nSPS) is 23.4. The van der Waals surface area contributed by atoms with Gasteiger partial charge in [-0.05, 0) is 80.3 Å². The summed E-state index contributed by atoms with van der Waals surface area (Å²) in [6, 6.07) is 10.7. The van der Waals surface area contributed by atoms with Crippen LogP contribution in [-0.2, 0) is 14.3 Å². The molecule has 2 heterocycles. The largest absolute Gasteiger partial charge is 0.508 e. The lowest BCUT2D eigenvalue weighted by molar-refractivity contribution is -0.144. The van der Waals surface area contributed by atoms with Crippen LogP contribution in [0, 0.1) is 0 Å². The fraction of sp³-hybridized carbons (Fsp3) is 0.370. The van der Waals surface area contributed by atoms with Gasteiger partial charge in [-0.1, -0.05) is 12.1 Å². The summed E-state index contributed by atoms with van der Waals surface area (Å²) in [5.41, 5.74) is 4.41. The number of Topliss-reactive ketones (excluding diaryl/α,β-unsaturated/α-hetero) is 1. The second-order valence-corrected chi connectivity index (χ2v) is 9.20. The zero-order valence-corrected chi connectivity index (χ0v) is 18.7. The summed E-state index contributed by atoms with van der Waals surface area (Å²) >= 11 is 0. The van der Waals surface area contributed by atoms with E-state index in [0.717, 1.165) is 42.5 Å². The number of hydrogen-bond donors (Lipinski definition) is 2. The van der Waals surface area contributed by atoms with Crippen molar-refractivity contribution in [2.45, 2.75) is 63.4 Å². The molecule has 1 aliphatic heterocycles. The lowest BCUT2D eigenvalue weighted by Crippen LogP contribution is -2.36. The number of benzene rings is 1. The van der Waals surface area contributed by atoms with Gasteiger partial charge in [0.05, 0.1) is 5.57 Å². The molecule has 2 atom stereocenters. The third kappa shape index (κ3) is 4.17. The topological polar surface area (TPSA) is 88.5 Å². The van der Waals surface area contributed by atoms with Crippen molar-refractivity contribution >= 4 is 11.8 Å². The number of esters is 1. The van der Waals surface area contributed by atoms with E-state index in [1.54, 1.807) is 30.6 Å². The van der Waals surface area contributed by atoms with Crippen LogP contribution in [0.15, 0.2) is 71.3 Å². The first-order valence-electron chi connectivity index (χ1n) is 11.6. The molecule has 0 saturated heterocycles. The number of nitrogens with one attached hydrogen (secondary N) is 1. The lowest BCUT2D eigenvalue weighted by atomic mass is 9.72. The van der Waals surface area contributed by atoms with E-state index in [4.69, 9.17) is 4.74 Å². The van der Waals surface area contributed by atoms with Crippen LogP contribution < -0.4 is 5.32 Å². The molecule has 6 heteroatoms. The molecule has 5 rings (SSSR count). The van der Waals surface area contributed by atoms with Crippen LogP contribution in [0.4, 0.5) is 0 Å². The SMILES string of the molecule is CC1=C(C(=O)OC2CCCC2)C(c2cccc(O)c2)C2=C(CC(c3ccncc3)CC2=O)N1. The average Bonchev–Trinajstić information content (AvgIpc) is 3.31. The standard InChI is InChI=1S/C27H28N2O4/c1-16-24(27(32)33-21-7-2-3-8-21)25(18-5-4-6-20(30)13-18)26-22(29-16)14-19(15-23(26)31)17-9-11-28-12-10-17/h4-6,9-13,19,21,25,29-30H,2-3,7-8,14-15H2,1H3. The van der Waals surface area contributed by atoms with Crippen LogP contribution in [-0.4, -0.2) is 27.9 Å². The average molecular weight is 445 g/mol. The van der Waals surface area contributed by atoms with Crippen molar-refractivity contribution < 1.29 is 19.4 Å². The minimum Gasteiger partial charge on any atom is -0.508 e. The molecule has 0 amide bonds. The number of rotatable bonds is 4. The van der Waals surface area contributed by atoms with Gasteiger partial charge in [-0.3, -0.25) is 9.78 Å². The fourth-order valence-electron chi connectivity index (χ4n) is 5.44. The second kappa shape index (κ2) is 8.85. The van der Waals surface area contributed by atoms with E-state index in [2.05, 4.69) is 10.3 Å². The van der Waals surface area contributed by atoms with Gasteiger partial charge in [0, 0.05) is 41.7 Å². The van der Waals surface area contributed by atoms with Crippen LogP contribution in [0.5, 0.6) is 5.75 Å². The Hall–Kier alpha value is -3.41. The summed E-state index contributed by atoms with van der Waals surface area (Å²) in [5.74, 6) is -0.773. The summed E-state index contributed by atoms with van der Waals surface area (Å²) in [7, 11) is 0. The molecule has 2 aromatic rings. The Bertz CT molecular complexity index is 1150. The Morgan fingerprint density at radius 3 is 2.58 bits per heavy atom. The highest BCUT2D eigenvalue weighted by Gasteiger charge is 2.42. The Kier molecular flexibility index (Phi) is 5.75. The minimum absolute atomic E-state index is 0.0116. The number of pyridine rings is 1. The Morgan fingerprint density at radius 1 is 1.09 bits per heavy atom. The number of nitrogens with zero attached hydrogens (tertiary/aromatic N) is 1. The molecule has 6 nitrogen and oxygen atoms in total. The van der Waals surface area contributed by atoms with Crippen molar-refractivity contribution in [1.82, 2.24) is 10.3 Å². The molecule has 1 saturated carbocycles. The van der Waals surface area contributed by atoms with E-state index in [1.807, 2.05) is 25.1 Å². The summed E-state index contributed by atoms with van der Waals surface area (Å²) in [6.07, 6.45) is 8.34. The van der Waals surface area contributed by atoms with Gasteiger partial charge in [0.15, 0.2) is 5.78 Å². The predicted octanol–water partition coefficient (Wildman–Crippen LogP) is 4.63. The molecular weight excluding hydrogens is 416 g/mol. The van der Waals surface area contributed by atoms with E-state index in [0.29, 0.717) is 29.7 Å². The summed E-state index contributed by atoms with van der Waals surface area (Å²) < 4.78 is 5.87. The molecule has 0 spiro atoms. The predicted molar refractivity (Wildman–Crippen MR) is 123 cm³/mol. The first-order valence-corrected chi connectivity index (χ1v) is 11.6. The molecule has 2 unspecified atom stereocenters. The maximum Gasteiger partial charge on any atom is 0.337 e. The van der Waals surface area contributed by atoms with E-state index < -0.39 is 5.92 Å². The van der Waals surface area contributed by atoms with Gasteiger partial charge in [0.25, 0.3) is 0 Å². The molecule has 33 heavy (non-hydrogen) atoms. The maximum absolute atomic E-state index is 13.5. The van der Waals surface area contributed by atoms with E-state index in [-0.39, 0.29) is 29.5 Å². The first-order chi connectivity index (χ1) is 16.0. The van der Waals surface area contributed by atoms with Crippen LogP contribution >= 0.6 is 0 Å². The van der Waals surface area contributed by atoms with Gasteiger partial charge < -0.3 is 15.2 Å². The highest BCUT2D eigenvalue weighted by Crippen LogP contribution is 2.46. The quantitative estimate of drug-likeness (QED) is 0.668. The van der Waals surface area contributed by atoms with Crippen molar-refractivity contribution in [2.75, 3.05) is 0 Å². The molecule has 1 aromatic heterocycles. The second-order valence-electron chi connectivity index (χ2n) is 9.20. The number of aromatic nitrogens is 1. The number of dihydropyridines is 1. The number of allylic oxidation sites excluding steroid dienone is 3. The number of phenolic OH excluding ortho intramolecular Hbond substituents is 1. The molecular formula is C27H28N2O4. The smallest absolute Gasteiger partial charge is 0.337 e. The number of carbonyl (C=O) groups is 2. The molecule has 1 fully saturated rings. The van der Waals surface area contributed by atoms with Crippen LogP contribution in [0.25, 0.3) is 0 Å². The van der Waals surface area contributed by atoms with Gasteiger partial charge in [0.1, 0.15) is 11.9 Å². The minimum atomic E-state index is -0.562. The van der Waals surface area contributed by atoms with Crippen molar-refractivity contribution in [3.05, 3.63) is 82.5 Å². The zero-order valence-electron chi connectivity index (χ0n) is 18.7. The van der Waals surface area contributed by atoms with Crippen molar-refractivity contribution in [1.29, 1.82) is 0 Å². The van der Waals surface area contributed by atoms with Crippen LogP contribution in [0.2, 0.25) is 0 Å². The zero-order chi connectivity index (χ0) is 22.9. The monoisotopic (exact) mass is 444 g/mol. The van der Waals surface area contributed by atoms with Gasteiger partial charge in [-0.15, -0.1) is 0 Å². The van der Waals surface area contributed by atoms with Gasteiger partial charge in [-0.2, -0.15) is 0 Å². The van der Waals surface area contributed by atoms with Gasteiger partial charge >= 0.3 is 5.97 Å². The van der Waals surface area contributed by atoms with Crippen LogP contribution in [0.1, 0.15) is 68.4 Å². The maximum atomic E-state index is 13.5. The number of hydrogen-bond acceptors (Lipinski definition) is 6. The highest BCUT2D eigenvalue weighted by atomic mass is 16.5. The number of aromatic hydroxyl groups is 1. The number of ether oxygens (including phenoxy) is 1. The molecule has 0 radical (unpaired) electrons. The third-order valence-corrected chi connectivity index (χ3v) is 7.00. The van der Waals surface area contributed by atoms with Gasteiger partial charge in [-0.25, -0.2) is 4.79 Å². The van der Waals surface area contributed by atoms with Crippen molar-refractivity contribution in [2.24, 2.45) is 0 Å². The van der Waals surface area contributed by atoms with Crippen LogP contribution in [0.3, 0.4) is 0 Å². The summed E-state index contributed by atoms with van der Waals surface area (Å²) in [4.78, 5) is 31.0. The van der Waals surface area contributed by atoms with E-state index >= 15 is 0 Å². The van der Waals surface area contributed by atoms with Gasteiger partial charge in [0.2, 0.25) is 0 Å². The fourth-order valence-corrected chi connectivity index (χ4v) is 5.44. The third-order valence-electron chi connectivity index (χ3n) is 7.00.